The molecule has 1 N–H and O–H groups in total. The lowest BCUT2D eigenvalue weighted by Crippen LogP contribution is -2.26. The highest BCUT2D eigenvalue weighted by atomic mass is 16.5. The zero-order valence-electron chi connectivity index (χ0n) is 9.27. The van der Waals surface area contributed by atoms with Crippen LogP contribution in [-0.4, -0.2) is 23.5 Å². The minimum Gasteiger partial charge on any atom is -0.479 e. The molecule has 1 aromatic carbocycles. The van der Waals surface area contributed by atoms with Crippen molar-refractivity contribution in [2.24, 2.45) is 0 Å². The molecule has 0 amide bonds. The largest absolute Gasteiger partial charge is 0.479 e. The van der Waals surface area contributed by atoms with E-state index in [1.807, 2.05) is 6.92 Å². The normalized spacial score (nSPS) is 11.9. The fourth-order valence-electron chi connectivity index (χ4n) is 1.33. The van der Waals surface area contributed by atoms with Crippen LogP contribution in [0.4, 0.5) is 0 Å². The number of hydrogen-bond acceptors (Lipinski definition) is 3. The average Bonchev–Trinajstić information content (AvgIpc) is 2.26. The molecule has 0 aliphatic rings. The van der Waals surface area contributed by atoms with Gasteiger partial charge in [-0.05, 0) is 25.5 Å². The van der Waals surface area contributed by atoms with E-state index in [2.05, 4.69) is 0 Å². The molecule has 0 aliphatic carbocycles. The first kappa shape index (κ1) is 12.2. The molecule has 0 radical (unpaired) electrons. The molecule has 0 fully saturated rings. The lowest BCUT2D eigenvalue weighted by atomic mass is 10.1. The summed E-state index contributed by atoms with van der Waals surface area (Å²) in [6.07, 6.45) is 0.0969. The predicted molar refractivity (Wildman–Crippen MR) is 58.9 cm³/mol. The van der Waals surface area contributed by atoms with Crippen molar-refractivity contribution in [3.05, 3.63) is 29.3 Å². The number of ether oxygens (including phenoxy) is 1. The van der Waals surface area contributed by atoms with Crippen LogP contribution in [0.1, 0.15) is 29.3 Å². The van der Waals surface area contributed by atoms with Crippen LogP contribution in [0.5, 0.6) is 5.75 Å². The molecule has 0 saturated heterocycles. The lowest BCUT2D eigenvalue weighted by Gasteiger charge is -2.14. The molecule has 0 saturated carbocycles. The molecule has 86 valence electrons. The van der Waals surface area contributed by atoms with E-state index in [1.54, 1.807) is 25.1 Å². The highest BCUT2D eigenvalue weighted by Crippen LogP contribution is 2.20. The second kappa shape index (κ2) is 5.30. The molecule has 4 nitrogen and oxygen atoms in total. The van der Waals surface area contributed by atoms with Crippen LogP contribution in [0.3, 0.4) is 0 Å². The first-order valence-corrected chi connectivity index (χ1v) is 5.03. The Labute approximate surface area is 93.9 Å². The highest BCUT2D eigenvalue weighted by molar-refractivity contribution is 5.80. The molecule has 0 aromatic heterocycles. The standard InChI is InChI=1S/C12H14O4/c1-3-10(12(14)15)16-11-5-4-8(2)6-9(11)7-13/h4-7,10H,3H2,1-2H3,(H,14,15). The van der Waals surface area contributed by atoms with Gasteiger partial charge in [0, 0.05) is 0 Å². The number of hydrogen-bond donors (Lipinski definition) is 1. The minimum atomic E-state index is -1.03. The number of rotatable bonds is 5. The van der Waals surface area contributed by atoms with Gasteiger partial charge in [-0.25, -0.2) is 4.79 Å². The fraction of sp³-hybridized carbons (Fsp3) is 0.333. The molecule has 1 atom stereocenters. The summed E-state index contributed by atoms with van der Waals surface area (Å²) in [5.41, 5.74) is 1.30. The van der Waals surface area contributed by atoms with E-state index in [0.29, 0.717) is 24.0 Å². The van der Waals surface area contributed by atoms with Gasteiger partial charge in [-0.3, -0.25) is 4.79 Å². The molecule has 1 unspecified atom stereocenters. The molecule has 0 aliphatic heterocycles. The third-order valence-corrected chi connectivity index (χ3v) is 2.21. The Morgan fingerprint density at radius 3 is 2.75 bits per heavy atom. The maximum atomic E-state index is 10.8. The number of aldehydes is 1. The van der Waals surface area contributed by atoms with E-state index in [-0.39, 0.29) is 0 Å². The van der Waals surface area contributed by atoms with Crippen LogP contribution in [0, 0.1) is 6.92 Å². The Morgan fingerprint density at radius 1 is 1.56 bits per heavy atom. The van der Waals surface area contributed by atoms with Crippen molar-refractivity contribution in [1.29, 1.82) is 0 Å². The summed E-state index contributed by atoms with van der Waals surface area (Å²) >= 11 is 0. The van der Waals surface area contributed by atoms with Crippen molar-refractivity contribution < 1.29 is 19.4 Å². The molecule has 0 bridgehead atoms. The number of carboxylic acid groups (broad SMARTS) is 1. The smallest absolute Gasteiger partial charge is 0.344 e. The Bertz CT molecular complexity index is 398. The molecule has 1 rings (SSSR count). The Balaban J connectivity index is 2.95. The van der Waals surface area contributed by atoms with Crippen molar-refractivity contribution in [3.8, 4) is 5.75 Å². The molecule has 0 spiro atoms. The van der Waals surface area contributed by atoms with Crippen LogP contribution >= 0.6 is 0 Å². The Hall–Kier alpha value is -1.84. The van der Waals surface area contributed by atoms with Gasteiger partial charge in [-0.1, -0.05) is 18.6 Å². The second-order valence-corrected chi connectivity index (χ2v) is 3.51. The number of carboxylic acids is 1. The molecule has 16 heavy (non-hydrogen) atoms. The van der Waals surface area contributed by atoms with Gasteiger partial charge in [-0.2, -0.15) is 0 Å². The van der Waals surface area contributed by atoms with E-state index in [1.165, 1.54) is 0 Å². The number of aliphatic carboxylic acids is 1. The van der Waals surface area contributed by atoms with Crippen molar-refractivity contribution in [2.45, 2.75) is 26.4 Å². The van der Waals surface area contributed by atoms with Gasteiger partial charge in [0.25, 0.3) is 0 Å². The monoisotopic (exact) mass is 222 g/mol. The molecule has 4 heteroatoms. The summed E-state index contributed by atoms with van der Waals surface area (Å²) in [4.78, 5) is 21.6. The van der Waals surface area contributed by atoms with Gasteiger partial charge >= 0.3 is 5.97 Å². The Kier molecular flexibility index (Phi) is 4.05. The van der Waals surface area contributed by atoms with Crippen molar-refractivity contribution in [2.75, 3.05) is 0 Å². The summed E-state index contributed by atoms with van der Waals surface area (Å²) in [5, 5.41) is 8.84. The highest BCUT2D eigenvalue weighted by Gasteiger charge is 2.18. The first-order chi connectivity index (χ1) is 7.58. The zero-order chi connectivity index (χ0) is 12.1. The summed E-state index contributed by atoms with van der Waals surface area (Å²) in [5.74, 6) is -0.713. The van der Waals surface area contributed by atoms with Gasteiger partial charge in [0.1, 0.15) is 5.75 Å². The van der Waals surface area contributed by atoms with Crippen molar-refractivity contribution >= 4 is 12.3 Å². The van der Waals surface area contributed by atoms with Gasteiger partial charge in [-0.15, -0.1) is 0 Å². The number of aryl methyl sites for hydroxylation is 1. The third kappa shape index (κ3) is 2.82. The number of carbonyl (C=O) groups is 2. The quantitative estimate of drug-likeness (QED) is 0.774. The van der Waals surface area contributed by atoms with Crippen LogP contribution in [-0.2, 0) is 4.79 Å². The summed E-state index contributed by atoms with van der Waals surface area (Å²) < 4.78 is 5.27. The minimum absolute atomic E-state index is 0.315. The van der Waals surface area contributed by atoms with E-state index in [0.717, 1.165) is 5.56 Å². The van der Waals surface area contributed by atoms with Crippen LogP contribution in [0.2, 0.25) is 0 Å². The molecular weight excluding hydrogens is 208 g/mol. The molecule has 1 aromatic rings. The summed E-state index contributed by atoms with van der Waals surface area (Å²) in [6.45, 7) is 3.57. The Morgan fingerprint density at radius 2 is 2.25 bits per heavy atom. The third-order valence-electron chi connectivity index (χ3n) is 2.21. The zero-order valence-corrected chi connectivity index (χ0v) is 9.27. The fourth-order valence-corrected chi connectivity index (χ4v) is 1.33. The van der Waals surface area contributed by atoms with E-state index >= 15 is 0 Å². The van der Waals surface area contributed by atoms with Crippen molar-refractivity contribution in [3.63, 3.8) is 0 Å². The summed E-state index contributed by atoms with van der Waals surface area (Å²) in [6, 6.07) is 5.05. The maximum absolute atomic E-state index is 10.8. The molecule has 0 heterocycles. The van der Waals surface area contributed by atoms with Crippen molar-refractivity contribution in [1.82, 2.24) is 0 Å². The van der Waals surface area contributed by atoms with E-state index in [4.69, 9.17) is 9.84 Å². The van der Waals surface area contributed by atoms with Gasteiger partial charge < -0.3 is 9.84 Å². The SMILES string of the molecule is CCC(Oc1ccc(C)cc1C=O)C(=O)O. The summed E-state index contributed by atoms with van der Waals surface area (Å²) in [7, 11) is 0. The second-order valence-electron chi connectivity index (χ2n) is 3.51. The van der Waals surface area contributed by atoms with Crippen LogP contribution in [0.15, 0.2) is 18.2 Å². The van der Waals surface area contributed by atoms with Gasteiger partial charge in [0.2, 0.25) is 0 Å². The average molecular weight is 222 g/mol. The number of benzene rings is 1. The first-order valence-electron chi connectivity index (χ1n) is 5.03. The van der Waals surface area contributed by atoms with Gasteiger partial charge in [0.05, 0.1) is 5.56 Å². The van der Waals surface area contributed by atoms with E-state index in [9.17, 15) is 9.59 Å². The van der Waals surface area contributed by atoms with Gasteiger partial charge in [0.15, 0.2) is 12.4 Å². The van der Waals surface area contributed by atoms with Crippen LogP contribution in [0.25, 0.3) is 0 Å². The maximum Gasteiger partial charge on any atom is 0.344 e. The predicted octanol–water partition coefficient (Wildman–Crippen LogP) is 2.05. The van der Waals surface area contributed by atoms with Crippen LogP contribution < -0.4 is 4.74 Å². The lowest BCUT2D eigenvalue weighted by molar-refractivity contribution is -0.145. The van der Waals surface area contributed by atoms with E-state index < -0.39 is 12.1 Å². The molecular formula is C12H14O4. The topological polar surface area (TPSA) is 63.6 Å². The number of carbonyl (C=O) groups excluding carboxylic acids is 1.